The van der Waals surface area contributed by atoms with Crippen LogP contribution in [0.2, 0.25) is 0 Å². The maximum atomic E-state index is 12.5. The lowest BCUT2D eigenvalue weighted by atomic mass is 10.2. The van der Waals surface area contributed by atoms with Crippen LogP contribution < -0.4 is 14.8 Å². The van der Waals surface area contributed by atoms with Crippen molar-refractivity contribution >= 4 is 38.4 Å². The first kappa shape index (κ1) is 15.2. The van der Waals surface area contributed by atoms with Crippen molar-refractivity contribution in [2.75, 3.05) is 6.79 Å². The Morgan fingerprint density at radius 3 is 2.88 bits per heavy atom. The van der Waals surface area contributed by atoms with Gasteiger partial charge in [-0.25, -0.2) is 4.98 Å². The molecule has 26 heavy (non-hydrogen) atoms. The van der Waals surface area contributed by atoms with Crippen LogP contribution in [0.3, 0.4) is 0 Å². The number of fused-ring (bicyclic) bond motifs is 3. The minimum Gasteiger partial charge on any atom is -0.454 e. The quantitative estimate of drug-likeness (QED) is 0.596. The van der Waals surface area contributed by atoms with Crippen molar-refractivity contribution in [3.63, 3.8) is 0 Å². The summed E-state index contributed by atoms with van der Waals surface area (Å²) < 4.78 is 10.7. The molecule has 1 aliphatic heterocycles. The van der Waals surface area contributed by atoms with Crippen LogP contribution in [-0.2, 0) is 6.54 Å². The standard InChI is InChI=1S/C20H14N2O3S/c23-19(21-10-12-5-6-16-17(7-12)25-11-24-16)18-9-14-8-13-3-1-2-4-15(13)22-20(14)26-18/h1-9H,10-11H2,(H,21,23). The highest BCUT2D eigenvalue weighted by atomic mass is 32.1. The summed E-state index contributed by atoms with van der Waals surface area (Å²) in [5.41, 5.74) is 1.90. The predicted octanol–water partition coefficient (Wildman–Crippen LogP) is 4.11. The third-order valence-electron chi connectivity index (χ3n) is 4.32. The Morgan fingerprint density at radius 2 is 1.92 bits per heavy atom. The van der Waals surface area contributed by atoms with Crippen LogP contribution in [0.1, 0.15) is 15.2 Å². The van der Waals surface area contributed by atoms with E-state index in [1.54, 1.807) is 0 Å². The molecule has 0 saturated heterocycles. The van der Waals surface area contributed by atoms with E-state index in [4.69, 9.17) is 9.47 Å². The highest BCUT2D eigenvalue weighted by molar-refractivity contribution is 7.20. The topological polar surface area (TPSA) is 60.5 Å². The van der Waals surface area contributed by atoms with Crippen LogP contribution in [-0.4, -0.2) is 17.7 Å². The zero-order chi connectivity index (χ0) is 17.5. The summed E-state index contributed by atoms with van der Waals surface area (Å²) in [6, 6.07) is 17.6. The molecule has 0 unspecified atom stereocenters. The van der Waals surface area contributed by atoms with Gasteiger partial charge in [0.15, 0.2) is 11.5 Å². The smallest absolute Gasteiger partial charge is 0.261 e. The van der Waals surface area contributed by atoms with Crippen molar-refractivity contribution in [2.24, 2.45) is 0 Å². The van der Waals surface area contributed by atoms with Crippen molar-refractivity contribution in [3.05, 3.63) is 65.0 Å². The zero-order valence-electron chi connectivity index (χ0n) is 13.7. The normalized spacial score (nSPS) is 12.6. The number of aromatic nitrogens is 1. The SMILES string of the molecule is O=C(NCc1ccc2c(c1)OCO2)c1cc2cc3ccccc3nc2s1. The van der Waals surface area contributed by atoms with Crippen molar-refractivity contribution < 1.29 is 14.3 Å². The molecular formula is C20H14N2O3S. The number of benzene rings is 2. The maximum absolute atomic E-state index is 12.5. The van der Waals surface area contributed by atoms with Crippen LogP contribution >= 0.6 is 11.3 Å². The van der Waals surface area contributed by atoms with Gasteiger partial charge in [-0.1, -0.05) is 24.3 Å². The van der Waals surface area contributed by atoms with Gasteiger partial charge in [0.2, 0.25) is 6.79 Å². The molecule has 5 rings (SSSR count). The number of ether oxygens (including phenoxy) is 2. The van der Waals surface area contributed by atoms with Gasteiger partial charge in [-0.15, -0.1) is 11.3 Å². The fraction of sp³-hybridized carbons (Fsp3) is 0.100. The van der Waals surface area contributed by atoms with Crippen LogP contribution in [0.25, 0.3) is 21.1 Å². The second-order valence-electron chi connectivity index (χ2n) is 6.06. The average molecular weight is 362 g/mol. The van der Waals surface area contributed by atoms with Gasteiger partial charge in [0.1, 0.15) is 4.83 Å². The summed E-state index contributed by atoms with van der Waals surface area (Å²) in [5, 5.41) is 5.02. The predicted molar refractivity (Wildman–Crippen MR) is 101 cm³/mol. The molecule has 1 N–H and O–H groups in total. The van der Waals surface area contributed by atoms with E-state index in [-0.39, 0.29) is 12.7 Å². The number of hydrogen-bond donors (Lipinski definition) is 1. The van der Waals surface area contributed by atoms with E-state index in [2.05, 4.69) is 16.4 Å². The van der Waals surface area contributed by atoms with Gasteiger partial charge < -0.3 is 14.8 Å². The number of thiophene rings is 1. The van der Waals surface area contributed by atoms with Crippen molar-refractivity contribution in [2.45, 2.75) is 6.54 Å². The number of pyridine rings is 1. The molecule has 0 spiro atoms. The van der Waals surface area contributed by atoms with E-state index in [1.165, 1.54) is 11.3 Å². The van der Waals surface area contributed by atoms with Gasteiger partial charge in [-0.2, -0.15) is 0 Å². The Labute approximate surface area is 153 Å². The largest absolute Gasteiger partial charge is 0.454 e. The summed E-state index contributed by atoms with van der Waals surface area (Å²) in [6.45, 7) is 0.674. The molecule has 0 saturated carbocycles. The van der Waals surface area contributed by atoms with Gasteiger partial charge in [0.25, 0.3) is 5.91 Å². The molecule has 0 bridgehead atoms. The first-order valence-electron chi connectivity index (χ1n) is 8.22. The minimum absolute atomic E-state index is 0.102. The number of rotatable bonds is 3. The molecule has 0 aliphatic carbocycles. The molecule has 4 aromatic rings. The summed E-state index contributed by atoms with van der Waals surface area (Å²) in [6.07, 6.45) is 0. The molecule has 0 radical (unpaired) electrons. The van der Waals surface area contributed by atoms with Crippen molar-refractivity contribution in [1.29, 1.82) is 0 Å². The van der Waals surface area contributed by atoms with Gasteiger partial charge in [-0.3, -0.25) is 4.79 Å². The minimum atomic E-state index is -0.102. The summed E-state index contributed by atoms with van der Waals surface area (Å²) in [4.78, 5) is 18.7. The summed E-state index contributed by atoms with van der Waals surface area (Å²) in [7, 11) is 0. The highest BCUT2D eigenvalue weighted by Gasteiger charge is 2.15. The first-order chi connectivity index (χ1) is 12.8. The highest BCUT2D eigenvalue weighted by Crippen LogP contribution is 2.32. The van der Waals surface area contributed by atoms with Crippen molar-refractivity contribution in [1.82, 2.24) is 10.3 Å². The zero-order valence-corrected chi connectivity index (χ0v) is 14.5. The molecule has 1 amide bonds. The molecule has 0 fully saturated rings. The third kappa shape index (κ3) is 2.64. The van der Waals surface area contributed by atoms with Crippen LogP contribution in [0.4, 0.5) is 0 Å². The molecule has 3 heterocycles. The molecule has 128 valence electrons. The molecule has 2 aromatic carbocycles. The van der Waals surface area contributed by atoms with Crippen LogP contribution in [0.15, 0.2) is 54.6 Å². The number of amides is 1. The Balaban J connectivity index is 1.37. The number of nitrogens with zero attached hydrogens (tertiary/aromatic N) is 1. The average Bonchev–Trinajstić information content (AvgIpc) is 3.29. The molecule has 2 aromatic heterocycles. The van der Waals surface area contributed by atoms with E-state index in [1.807, 2.05) is 48.5 Å². The lowest BCUT2D eigenvalue weighted by molar-refractivity contribution is 0.0955. The van der Waals surface area contributed by atoms with E-state index in [9.17, 15) is 4.79 Å². The van der Waals surface area contributed by atoms with E-state index in [0.717, 1.165) is 38.2 Å². The Morgan fingerprint density at radius 1 is 1.04 bits per heavy atom. The summed E-state index contributed by atoms with van der Waals surface area (Å²) >= 11 is 1.41. The first-order valence-corrected chi connectivity index (χ1v) is 9.04. The molecular weight excluding hydrogens is 348 g/mol. The second-order valence-corrected chi connectivity index (χ2v) is 7.09. The lowest BCUT2D eigenvalue weighted by Gasteiger charge is -2.04. The molecule has 0 atom stereocenters. The summed E-state index contributed by atoms with van der Waals surface area (Å²) in [5.74, 6) is 1.35. The van der Waals surface area contributed by atoms with Crippen molar-refractivity contribution in [3.8, 4) is 11.5 Å². The Hall–Kier alpha value is -3.12. The fourth-order valence-electron chi connectivity index (χ4n) is 3.01. The molecule has 1 aliphatic rings. The van der Waals surface area contributed by atoms with E-state index in [0.29, 0.717) is 11.4 Å². The maximum Gasteiger partial charge on any atom is 0.261 e. The Bertz CT molecular complexity index is 1100. The van der Waals surface area contributed by atoms with Gasteiger partial charge in [0, 0.05) is 17.3 Å². The van der Waals surface area contributed by atoms with E-state index < -0.39 is 0 Å². The van der Waals surface area contributed by atoms with Crippen LogP contribution in [0.5, 0.6) is 11.5 Å². The van der Waals surface area contributed by atoms with Gasteiger partial charge in [-0.05, 0) is 35.9 Å². The van der Waals surface area contributed by atoms with Gasteiger partial charge >= 0.3 is 0 Å². The van der Waals surface area contributed by atoms with E-state index >= 15 is 0 Å². The monoisotopic (exact) mass is 362 g/mol. The number of hydrogen-bond acceptors (Lipinski definition) is 5. The Kier molecular flexibility index (Phi) is 3.50. The number of carbonyl (C=O) groups is 1. The molecule has 6 heteroatoms. The number of carbonyl (C=O) groups excluding carboxylic acids is 1. The molecule has 5 nitrogen and oxygen atoms in total. The third-order valence-corrected chi connectivity index (χ3v) is 5.37. The lowest BCUT2D eigenvalue weighted by Crippen LogP contribution is -2.21. The number of nitrogens with one attached hydrogen (secondary N) is 1. The second kappa shape index (κ2) is 6.00. The van der Waals surface area contributed by atoms with Crippen LogP contribution in [0, 0.1) is 0 Å². The van der Waals surface area contributed by atoms with Gasteiger partial charge in [0.05, 0.1) is 10.4 Å². The fourth-order valence-corrected chi connectivity index (χ4v) is 3.95. The number of para-hydroxylation sites is 1.